The molecular weight excluding hydrogens is 558 g/mol. The van der Waals surface area contributed by atoms with Crippen molar-refractivity contribution >= 4 is 69.4 Å². The van der Waals surface area contributed by atoms with Crippen LogP contribution in [0.3, 0.4) is 0 Å². The van der Waals surface area contributed by atoms with Crippen LogP contribution in [0.15, 0.2) is 21.7 Å². The highest BCUT2D eigenvalue weighted by molar-refractivity contribution is 9.10. The number of halogens is 1. The molecular formula is C18H18BrN5O6S3. The Labute approximate surface area is 209 Å². The topological polar surface area (TPSA) is 146 Å². The number of thioether (sulfide) groups is 1. The third-order valence-electron chi connectivity index (χ3n) is 5.59. The molecule has 4 rings (SSSR count). The van der Waals surface area contributed by atoms with Gasteiger partial charge in [-0.25, -0.2) is 5.01 Å². The Morgan fingerprint density at radius 3 is 2.61 bits per heavy atom. The summed E-state index contributed by atoms with van der Waals surface area (Å²) in [5.41, 5.74) is -2.04. The van der Waals surface area contributed by atoms with Crippen LogP contribution in [0.5, 0.6) is 5.75 Å². The van der Waals surface area contributed by atoms with Crippen molar-refractivity contribution in [2.24, 2.45) is 5.41 Å². The molecule has 2 saturated heterocycles. The lowest BCUT2D eigenvalue weighted by Crippen LogP contribution is -2.76. The van der Waals surface area contributed by atoms with Gasteiger partial charge in [0.15, 0.2) is 11.8 Å². The van der Waals surface area contributed by atoms with Crippen LogP contribution in [0.4, 0.5) is 0 Å². The van der Waals surface area contributed by atoms with Gasteiger partial charge < -0.3 is 15.1 Å². The fourth-order valence-corrected chi connectivity index (χ4v) is 7.33. The van der Waals surface area contributed by atoms with E-state index in [9.17, 15) is 29.4 Å². The molecule has 176 valence electrons. The zero-order chi connectivity index (χ0) is 24.2. The van der Waals surface area contributed by atoms with Crippen LogP contribution in [-0.4, -0.2) is 71.5 Å². The minimum absolute atomic E-state index is 0.0174. The number of carbonyl (C=O) groups excluding carboxylic acids is 2. The number of hydrogen-bond acceptors (Lipinski definition) is 10. The molecule has 3 unspecified atom stereocenters. The Balaban J connectivity index is 1.64. The average Bonchev–Trinajstić information content (AvgIpc) is 3.19. The van der Waals surface area contributed by atoms with E-state index in [4.69, 9.17) is 0 Å². The zero-order valence-electron chi connectivity index (χ0n) is 17.2. The molecule has 2 aliphatic rings. The quantitative estimate of drug-likeness (QED) is 0.350. The smallest absolute Gasteiger partial charge is 0.313 e. The van der Waals surface area contributed by atoms with Gasteiger partial charge in [-0.3, -0.25) is 23.9 Å². The van der Waals surface area contributed by atoms with Crippen molar-refractivity contribution in [3.05, 3.63) is 37.1 Å². The Morgan fingerprint density at radius 2 is 2.06 bits per heavy atom. The van der Waals surface area contributed by atoms with Crippen molar-refractivity contribution in [1.82, 2.24) is 19.8 Å². The van der Waals surface area contributed by atoms with Gasteiger partial charge in [-0.1, -0.05) is 0 Å². The van der Waals surface area contributed by atoms with Crippen LogP contribution < -0.4 is 10.4 Å². The largest absolute Gasteiger partial charge is 0.503 e. The van der Waals surface area contributed by atoms with E-state index in [2.05, 4.69) is 38.8 Å². The van der Waals surface area contributed by atoms with Gasteiger partial charge in [0, 0.05) is 25.4 Å². The molecule has 0 saturated carbocycles. The summed E-state index contributed by atoms with van der Waals surface area (Å²) in [5, 5.41) is 29.0. The number of aromatic nitrogens is 3. The van der Waals surface area contributed by atoms with Crippen LogP contribution in [0.2, 0.25) is 0 Å². The summed E-state index contributed by atoms with van der Waals surface area (Å²) >= 11 is 10.1. The molecule has 2 amide bonds. The van der Waals surface area contributed by atoms with Crippen molar-refractivity contribution in [3.63, 3.8) is 0 Å². The molecule has 4 heterocycles. The minimum atomic E-state index is -1.39. The number of carbonyl (C=O) groups is 3. The van der Waals surface area contributed by atoms with Crippen molar-refractivity contribution in [1.29, 1.82) is 0 Å². The lowest BCUT2D eigenvalue weighted by molar-refractivity contribution is -0.158. The molecule has 0 bridgehead atoms. The Bertz CT molecular complexity index is 1190. The molecule has 0 aromatic carbocycles. The number of carboxylic acids is 1. The second kappa shape index (κ2) is 8.60. The summed E-state index contributed by atoms with van der Waals surface area (Å²) in [6.45, 7) is 2.91. The summed E-state index contributed by atoms with van der Waals surface area (Å²) < 4.78 is 1.21. The number of carboxylic acid groups (broad SMARTS) is 1. The highest BCUT2D eigenvalue weighted by Crippen LogP contribution is 2.51. The first-order valence-corrected chi connectivity index (χ1v) is 12.7. The summed E-state index contributed by atoms with van der Waals surface area (Å²) in [4.78, 5) is 51.2. The average molecular weight is 576 g/mol. The van der Waals surface area contributed by atoms with E-state index in [1.54, 1.807) is 6.92 Å². The highest BCUT2D eigenvalue weighted by Gasteiger charge is 2.62. The monoisotopic (exact) mass is 575 g/mol. The number of hydrogen-bond donors (Lipinski definition) is 3. The predicted molar refractivity (Wildman–Crippen MR) is 127 cm³/mol. The fraction of sp³-hybridized carbons (Fsp3) is 0.444. The molecule has 0 aliphatic carbocycles. The molecule has 2 aromatic heterocycles. The van der Waals surface area contributed by atoms with Crippen molar-refractivity contribution in [3.8, 4) is 5.75 Å². The first-order valence-electron chi connectivity index (χ1n) is 9.52. The Morgan fingerprint density at radius 1 is 1.36 bits per heavy atom. The third-order valence-corrected chi connectivity index (χ3v) is 9.50. The first kappa shape index (κ1) is 24.0. The second-order valence-electron chi connectivity index (χ2n) is 7.70. The summed E-state index contributed by atoms with van der Waals surface area (Å²) in [6.07, 6.45) is 2.34. The van der Waals surface area contributed by atoms with Crippen LogP contribution in [0.1, 0.15) is 22.2 Å². The Hall–Kier alpha value is -2.10. The SMILES string of the molecule is CC(=O)N(C1C(=O)N2CC(C(=O)O)(C(S)c3nnc(C)s3)CS[C@H]12)n1cc(O)c(=O)c(Br)c1. The predicted octanol–water partition coefficient (Wildman–Crippen LogP) is 0.987. The molecule has 2 N–H and O–H groups in total. The minimum Gasteiger partial charge on any atom is -0.503 e. The summed E-state index contributed by atoms with van der Waals surface area (Å²) in [7, 11) is 0. The van der Waals surface area contributed by atoms with E-state index in [-0.39, 0.29) is 16.8 Å². The number of aryl methyl sites for hydroxylation is 1. The number of aliphatic carboxylic acids is 1. The van der Waals surface area contributed by atoms with Crippen LogP contribution in [0, 0.1) is 12.3 Å². The molecule has 11 nitrogen and oxygen atoms in total. The van der Waals surface area contributed by atoms with E-state index in [0.29, 0.717) is 10.0 Å². The number of fused-ring (bicyclic) bond motifs is 1. The number of nitrogens with zero attached hydrogens (tertiary/aromatic N) is 5. The standard InChI is InChI=1S/C18H18BrN5O6S3/c1-7-20-21-14(33-7)13(31)18(17(29)30)5-23-15(28)11(16(23)32-6-18)24(8(2)25)22-3-9(19)12(27)10(26)4-22/h3-4,11,13,16,26,31H,5-6H2,1-2H3,(H,29,30)/t11?,13?,16-,18?/m1/s1. The van der Waals surface area contributed by atoms with E-state index in [0.717, 1.165) is 11.2 Å². The first-order chi connectivity index (χ1) is 15.5. The van der Waals surface area contributed by atoms with Crippen molar-refractivity contribution in [2.75, 3.05) is 17.3 Å². The number of pyridine rings is 1. The summed E-state index contributed by atoms with van der Waals surface area (Å²) in [6, 6.07) is -0.935. The van der Waals surface area contributed by atoms with Crippen molar-refractivity contribution in [2.45, 2.75) is 30.5 Å². The van der Waals surface area contributed by atoms with E-state index in [1.807, 2.05) is 0 Å². The van der Waals surface area contributed by atoms with Gasteiger partial charge in [-0.05, 0) is 22.9 Å². The van der Waals surface area contributed by atoms with Crippen molar-refractivity contribution < 1.29 is 24.6 Å². The van der Waals surface area contributed by atoms with E-state index < -0.39 is 51.0 Å². The Kier molecular flexibility index (Phi) is 6.26. The van der Waals surface area contributed by atoms with Gasteiger partial charge in [0.2, 0.25) is 11.3 Å². The number of thiol groups is 1. The molecule has 2 fully saturated rings. The molecule has 4 atom stereocenters. The van der Waals surface area contributed by atoms with Crippen LogP contribution in [-0.2, 0) is 14.4 Å². The molecule has 15 heteroatoms. The van der Waals surface area contributed by atoms with Gasteiger partial charge >= 0.3 is 5.97 Å². The zero-order valence-corrected chi connectivity index (χ0v) is 21.3. The number of rotatable bonds is 5. The third kappa shape index (κ3) is 3.84. The van der Waals surface area contributed by atoms with Gasteiger partial charge in [0.25, 0.3) is 5.91 Å². The van der Waals surface area contributed by atoms with Gasteiger partial charge in [-0.15, -0.1) is 33.3 Å². The maximum atomic E-state index is 13.2. The van der Waals surface area contributed by atoms with E-state index in [1.165, 1.54) is 45.8 Å². The van der Waals surface area contributed by atoms with Gasteiger partial charge in [-0.2, -0.15) is 12.6 Å². The lowest BCUT2D eigenvalue weighted by atomic mass is 9.83. The molecule has 33 heavy (non-hydrogen) atoms. The van der Waals surface area contributed by atoms with Crippen LogP contribution >= 0.6 is 51.7 Å². The maximum Gasteiger partial charge on any atom is 0.313 e. The maximum absolute atomic E-state index is 13.2. The molecule has 0 spiro atoms. The lowest BCUT2D eigenvalue weighted by Gasteiger charge is -2.56. The normalized spacial score (nSPS) is 25.2. The molecule has 2 aromatic rings. The van der Waals surface area contributed by atoms with E-state index >= 15 is 0 Å². The van der Waals surface area contributed by atoms with Crippen LogP contribution in [0.25, 0.3) is 0 Å². The van der Waals surface area contributed by atoms with Gasteiger partial charge in [0.05, 0.1) is 15.9 Å². The fourth-order valence-electron chi connectivity index (χ4n) is 3.88. The molecule has 2 aliphatic heterocycles. The number of amides is 2. The number of aromatic hydroxyl groups is 1. The summed E-state index contributed by atoms with van der Waals surface area (Å²) in [5.74, 6) is -2.50. The highest BCUT2D eigenvalue weighted by atomic mass is 79.9. The molecule has 0 radical (unpaired) electrons. The second-order valence-corrected chi connectivity index (χ2v) is 11.4. The number of β-lactam (4-membered cyclic amide) rings is 1. The van der Waals surface area contributed by atoms with Gasteiger partial charge in [0.1, 0.15) is 20.8 Å².